The minimum absolute atomic E-state index is 0.164. The van der Waals surface area contributed by atoms with Crippen molar-refractivity contribution in [3.05, 3.63) is 66.7 Å². The molecule has 6 heteroatoms. The Morgan fingerprint density at radius 3 is 2.32 bits per heavy atom. The van der Waals surface area contributed by atoms with Gasteiger partial charge in [0.1, 0.15) is 5.75 Å². The largest absolute Gasteiger partial charge is 0.573 e. The van der Waals surface area contributed by atoms with E-state index in [1.807, 2.05) is 30.0 Å². The number of carbonyl (C=O) groups is 1. The normalized spacial score (nSPS) is 13.2. The number of ether oxygens (including phenoxy) is 1. The van der Waals surface area contributed by atoms with Crippen LogP contribution in [0, 0.1) is 0 Å². The summed E-state index contributed by atoms with van der Waals surface area (Å²) in [6.07, 6.45) is -2.49. The second kappa shape index (κ2) is 9.44. The van der Waals surface area contributed by atoms with Gasteiger partial charge in [0.25, 0.3) is 0 Å². The molecular formula is C22H24F3NO2. The minimum atomic E-state index is -4.69. The molecule has 0 aromatic heterocycles. The number of hydrogen-bond acceptors (Lipinski definition) is 2. The van der Waals surface area contributed by atoms with Crippen molar-refractivity contribution in [2.24, 2.45) is 0 Å². The first kappa shape index (κ1) is 21.5. The van der Waals surface area contributed by atoms with Gasteiger partial charge in [0.05, 0.1) is 0 Å². The lowest BCUT2D eigenvalue weighted by molar-refractivity contribution is -0.274. The fourth-order valence-electron chi connectivity index (χ4n) is 3.17. The van der Waals surface area contributed by atoms with Gasteiger partial charge in [-0.05, 0) is 53.3 Å². The summed E-state index contributed by atoms with van der Waals surface area (Å²) in [5, 5.41) is 0. The molecule has 0 atom stereocenters. The zero-order valence-corrected chi connectivity index (χ0v) is 15.9. The molecule has 0 spiro atoms. The van der Waals surface area contributed by atoms with Gasteiger partial charge in [-0.25, -0.2) is 0 Å². The van der Waals surface area contributed by atoms with Gasteiger partial charge in [0.2, 0.25) is 5.91 Å². The van der Waals surface area contributed by atoms with Crippen molar-refractivity contribution in [1.82, 2.24) is 4.90 Å². The molecule has 0 unspecified atom stereocenters. The maximum absolute atomic E-state index is 12.3. The summed E-state index contributed by atoms with van der Waals surface area (Å²) in [5.74, 6) is -0.0762. The van der Waals surface area contributed by atoms with E-state index in [-0.39, 0.29) is 11.7 Å². The fourth-order valence-corrected chi connectivity index (χ4v) is 3.17. The number of amides is 1. The van der Waals surface area contributed by atoms with Gasteiger partial charge in [-0.2, -0.15) is 0 Å². The molecule has 0 radical (unpaired) electrons. The van der Waals surface area contributed by atoms with Crippen LogP contribution in [0.15, 0.2) is 55.6 Å². The molecule has 0 bridgehead atoms. The van der Waals surface area contributed by atoms with Crippen molar-refractivity contribution < 1.29 is 22.7 Å². The summed E-state index contributed by atoms with van der Waals surface area (Å²) in [5.41, 5.74) is 4.02. The topological polar surface area (TPSA) is 29.5 Å². The summed E-state index contributed by atoms with van der Waals surface area (Å²) in [7, 11) is 0. The first-order valence-electron chi connectivity index (χ1n) is 9.11. The Morgan fingerprint density at radius 2 is 1.71 bits per heavy atom. The monoisotopic (exact) mass is 391 g/mol. The van der Waals surface area contributed by atoms with Crippen LogP contribution in [0.25, 0.3) is 11.1 Å². The fraction of sp³-hybridized carbons (Fsp3) is 0.318. The predicted molar refractivity (Wildman–Crippen MR) is 104 cm³/mol. The third-order valence-electron chi connectivity index (χ3n) is 4.46. The van der Waals surface area contributed by atoms with Crippen LogP contribution in [0.3, 0.4) is 0 Å². The molecule has 0 fully saturated rings. The molecule has 3 rings (SSSR count). The van der Waals surface area contributed by atoms with Crippen LogP contribution < -0.4 is 4.74 Å². The van der Waals surface area contributed by atoms with Crippen molar-refractivity contribution in [3.8, 4) is 16.9 Å². The highest BCUT2D eigenvalue weighted by molar-refractivity contribution is 5.76. The Labute approximate surface area is 163 Å². The Bertz CT molecular complexity index is 800. The molecular weight excluding hydrogens is 367 g/mol. The lowest BCUT2D eigenvalue weighted by Crippen LogP contribution is -2.35. The number of halogens is 3. The maximum atomic E-state index is 12.3. The molecule has 0 saturated carbocycles. The highest BCUT2D eigenvalue weighted by Crippen LogP contribution is 2.29. The van der Waals surface area contributed by atoms with Gasteiger partial charge >= 0.3 is 6.36 Å². The molecule has 2 aromatic rings. The van der Waals surface area contributed by atoms with Crippen molar-refractivity contribution in [3.63, 3.8) is 0 Å². The molecule has 0 saturated heterocycles. The Morgan fingerprint density at radius 1 is 1.07 bits per heavy atom. The number of rotatable bonds is 4. The highest BCUT2D eigenvalue weighted by atomic mass is 19.4. The van der Waals surface area contributed by atoms with E-state index in [0.29, 0.717) is 13.0 Å². The standard InChI is InChI=1S/C20H20F3NO2.C2H4/c1-2-3-19(25)24-11-10-15-4-5-16(12-17(15)13-24)14-6-8-18(9-7-14)26-20(21,22)23;1-2/h4-9,12H,2-3,10-11,13H2,1H3;1-2H2. The van der Waals surface area contributed by atoms with Crippen LogP contribution in [-0.2, 0) is 17.8 Å². The van der Waals surface area contributed by atoms with Crippen LogP contribution in [-0.4, -0.2) is 23.7 Å². The average molecular weight is 391 g/mol. The third-order valence-corrected chi connectivity index (χ3v) is 4.46. The molecule has 1 aliphatic heterocycles. The Kier molecular flexibility index (Phi) is 7.26. The van der Waals surface area contributed by atoms with Crippen molar-refractivity contribution in [1.29, 1.82) is 0 Å². The second-order valence-corrected chi connectivity index (χ2v) is 6.37. The van der Waals surface area contributed by atoms with Gasteiger partial charge in [0.15, 0.2) is 0 Å². The summed E-state index contributed by atoms with van der Waals surface area (Å²) < 4.78 is 40.7. The molecule has 1 heterocycles. The number of fused-ring (bicyclic) bond motifs is 1. The Hall–Kier alpha value is -2.76. The van der Waals surface area contributed by atoms with E-state index in [4.69, 9.17) is 0 Å². The van der Waals surface area contributed by atoms with Crippen molar-refractivity contribution >= 4 is 5.91 Å². The zero-order chi connectivity index (χ0) is 20.7. The third kappa shape index (κ3) is 5.62. The summed E-state index contributed by atoms with van der Waals surface area (Å²) in [6, 6.07) is 11.8. The van der Waals surface area contributed by atoms with Gasteiger partial charge < -0.3 is 9.64 Å². The van der Waals surface area contributed by atoms with E-state index in [2.05, 4.69) is 17.9 Å². The van der Waals surface area contributed by atoms with Crippen LogP contribution in [0.4, 0.5) is 13.2 Å². The smallest absolute Gasteiger partial charge is 0.406 e. The molecule has 1 amide bonds. The quantitative estimate of drug-likeness (QED) is 0.622. The van der Waals surface area contributed by atoms with Crippen molar-refractivity contribution in [2.45, 2.75) is 39.1 Å². The van der Waals surface area contributed by atoms with E-state index in [9.17, 15) is 18.0 Å². The predicted octanol–water partition coefficient (Wildman–Crippen LogP) is 5.74. The average Bonchev–Trinajstić information content (AvgIpc) is 2.68. The van der Waals surface area contributed by atoms with E-state index in [1.165, 1.54) is 17.7 Å². The summed E-state index contributed by atoms with van der Waals surface area (Å²) >= 11 is 0. The van der Waals surface area contributed by atoms with Crippen LogP contribution in [0.5, 0.6) is 5.75 Å². The molecule has 2 aromatic carbocycles. The molecule has 0 N–H and O–H groups in total. The van der Waals surface area contributed by atoms with Gasteiger partial charge in [-0.3, -0.25) is 4.79 Å². The molecule has 150 valence electrons. The molecule has 3 nitrogen and oxygen atoms in total. The van der Waals surface area contributed by atoms with Crippen LogP contribution in [0.2, 0.25) is 0 Å². The van der Waals surface area contributed by atoms with E-state index in [1.54, 1.807) is 12.1 Å². The first-order chi connectivity index (χ1) is 13.4. The second-order valence-electron chi connectivity index (χ2n) is 6.37. The number of benzene rings is 2. The molecule has 0 aliphatic carbocycles. The van der Waals surface area contributed by atoms with Gasteiger partial charge in [0, 0.05) is 19.5 Å². The van der Waals surface area contributed by atoms with Crippen molar-refractivity contribution in [2.75, 3.05) is 6.54 Å². The first-order valence-corrected chi connectivity index (χ1v) is 9.11. The summed E-state index contributed by atoms with van der Waals surface area (Å²) in [4.78, 5) is 14.0. The minimum Gasteiger partial charge on any atom is -0.406 e. The number of alkyl halides is 3. The number of nitrogens with zero attached hydrogens (tertiary/aromatic N) is 1. The number of carbonyl (C=O) groups excluding carboxylic acids is 1. The van der Waals surface area contributed by atoms with Gasteiger partial charge in [-0.15, -0.1) is 26.3 Å². The van der Waals surface area contributed by atoms with E-state index >= 15 is 0 Å². The SMILES string of the molecule is C=C.CCCC(=O)N1CCc2ccc(-c3ccc(OC(F)(F)F)cc3)cc2C1. The van der Waals surface area contributed by atoms with Crippen LogP contribution >= 0.6 is 0 Å². The van der Waals surface area contributed by atoms with E-state index in [0.717, 1.165) is 36.1 Å². The Balaban J connectivity index is 0.00000136. The maximum Gasteiger partial charge on any atom is 0.573 e. The molecule has 1 aliphatic rings. The number of hydrogen-bond donors (Lipinski definition) is 0. The molecule has 28 heavy (non-hydrogen) atoms. The van der Waals surface area contributed by atoms with E-state index < -0.39 is 6.36 Å². The lowest BCUT2D eigenvalue weighted by atomic mass is 9.94. The lowest BCUT2D eigenvalue weighted by Gasteiger charge is -2.29. The van der Waals surface area contributed by atoms with Gasteiger partial charge in [-0.1, -0.05) is 31.2 Å². The van der Waals surface area contributed by atoms with Crippen LogP contribution in [0.1, 0.15) is 30.9 Å². The zero-order valence-electron chi connectivity index (χ0n) is 15.9. The summed E-state index contributed by atoms with van der Waals surface area (Å²) in [6.45, 7) is 9.30. The highest BCUT2D eigenvalue weighted by Gasteiger charge is 2.31.